The Morgan fingerprint density at radius 2 is 1.93 bits per heavy atom. The minimum absolute atomic E-state index is 0.0657. The summed E-state index contributed by atoms with van der Waals surface area (Å²) < 4.78 is 0. The Labute approximate surface area is 87.8 Å². The first-order chi connectivity index (χ1) is 7.31. The highest BCUT2D eigenvalue weighted by Crippen LogP contribution is 2.10. The first-order valence-corrected chi connectivity index (χ1v) is 4.36. The van der Waals surface area contributed by atoms with Gasteiger partial charge in [-0.05, 0) is 11.6 Å². The Hall–Kier alpha value is -2.11. The lowest BCUT2D eigenvalue weighted by molar-refractivity contribution is 0.281. The second kappa shape index (κ2) is 5.58. The summed E-state index contributed by atoms with van der Waals surface area (Å²) in [6.45, 7) is 0.182. The monoisotopic (exact) mass is 202 g/mol. The third-order valence-corrected chi connectivity index (χ3v) is 1.84. The van der Waals surface area contributed by atoms with Crippen LogP contribution in [0.2, 0.25) is 0 Å². The molecule has 0 aliphatic heterocycles. The first kappa shape index (κ1) is 11.0. The van der Waals surface area contributed by atoms with Crippen LogP contribution in [0.3, 0.4) is 0 Å². The molecule has 0 aromatic carbocycles. The molecule has 0 atom stereocenters. The number of aliphatic hydroxyl groups is 1. The van der Waals surface area contributed by atoms with Gasteiger partial charge in [-0.2, -0.15) is 10.5 Å². The second-order valence-corrected chi connectivity index (χ2v) is 2.86. The maximum absolute atomic E-state index is 8.82. The molecule has 0 unspecified atom stereocenters. The van der Waals surface area contributed by atoms with E-state index in [1.165, 1.54) is 6.20 Å². The first-order valence-electron chi connectivity index (χ1n) is 4.36. The number of rotatable bonds is 4. The number of aromatic nitrogens is 1. The summed E-state index contributed by atoms with van der Waals surface area (Å²) in [5, 5.41) is 25.9. The van der Waals surface area contributed by atoms with Crippen molar-refractivity contribution in [3.8, 4) is 12.1 Å². The summed E-state index contributed by atoms with van der Waals surface area (Å²) in [5.41, 5.74) is 0.701. The molecule has 0 amide bonds. The molecule has 1 N–H and O–H groups in total. The van der Waals surface area contributed by atoms with Gasteiger partial charge in [-0.15, -0.1) is 0 Å². The number of nitrogens with zero attached hydrogens (tertiary/aromatic N) is 4. The average molecular weight is 202 g/mol. The highest BCUT2D eigenvalue weighted by molar-refractivity contribution is 5.41. The number of nitriles is 2. The van der Waals surface area contributed by atoms with Gasteiger partial charge in [0.2, 0.25) is 0 Å². The second-order valence-electron chi connectivity index (χ2n) is 2.86. The molecule has 0 aliphatic carbocycles. The van der Waals surface area contributed by atoms with Crippen molar-refractivity contribution in [1.82, 2.24) is 4.98 Å². The van der Waals surface area contributed by atoms with E-state index >= 15 is 0 Å². The van der Waals surface area contributed by atoms with Crippen LogP contribution in [0.15, 0.2) is 18.3 Å². The van der Waals surface area contributed by atoms with Crippen molar-refractivity contribution in [3.05, 3.63) is 23.9 Å². The molecular weight excluding hydrogens is 192 g/mol. The number of aliphatic hydroxyl groups excluding tert-OH is 1. The molecule has 1 aromatic heterocycles. The topological polar surface area (TPSA) is 83.9 Å². The van der Waals surface area contributed by atoms with Crippen LogP contribution in [0.25, 0.3) is 0 Å². The molecule has 0 radical (unpaired) electrons. The zero-order chi connectivity index (χ0) is 11.1. The SMILES string of the molecule is N#CCN(CC#N)c1ccc(CO)cn1. The van der Waals surface area contributed by atoms with Gasteiger partial charge in [-0.25, -0.2) is 4.98 Å². The molecule has 1 heterocycles. The number of hydrogen-bond acceptors (Lipinski definition) is 5. The summed E-state index contributed by atoms with van der Waals surface area (Å²) in [6, 6.07) is 7.32. The molecule has 1 aromatic rings. The average Bonchev–Trinajstić information content (AvgIpc) is 2.29. The maximum Gasteiger partial charge on any atom is 0.130 e. The molecule has 0 saturated heterocycles. The molecule has 0 spiro atoms. The minimum atomic E-state index is -0.0657. The molecule has 0 aliphatic rings. The fourth-order valence-electron chi connectivity index (χ4n) is 1.09. The molecule has 5 heteroatoms. The molecule has 1 rings (SSSR count). The van der Waals surface area contributed by atoms with Gasteiger partial charge in [0.25, 0.3) is 0 Å². The fraction of sp³-hybridized carbons (Fsp3) is 0.300. The van der Waals surface area contributed by atoms with Gasteiger partial charge in [0.1, 0.15) is 18.9 Å². The van der Waals surface area contributed by atoms with Crippen molar-refractivity contribution < 1.29 is 5.11 Å². The number of hydrogen-bond donors (Lipinski definition) is 1. The standard InChI is InChI=1S/C10H10N4O/c11-3-5-14(6-4-12)10-2-1-9(8-15)7-13-10/h1-2,7,15H,5-6,8H2. The van der Waals surface area contributed by atoms with E-state index in [1.807, 2.05) is 12.1 Å². The van der Waals surface area contributed by atoms with Crippen LogP contribution in [0, 0.1) is 22.7 Å². The van der Waals surface area contributed by atoms with Crippen molar-refractivity contribution >= 4 is 5.82 Å². The lowest BCUT2D eigenvalue weighted by atomic mass is 10.3. The van der Waals surface area contributed by atoms with Gasteiger partial charge < -0.3 is 10.0 Å². The quantitative estimate of drug-likeness (QED) is 0.715. The summed E-state index contributed by atoms with van der Waals surface area (Å²) in [6.07, 6.45) is 1.52. The van der Waals surface area contributed by atoms with Crippen LogP contribution in [-0.2, 0) is 6.61 Å². The third kappa shape index (κ3) is 2.94. The highest BCUT2D eigenvalue weighted by atomic mass is 16.3. The molecule has 15 heavy (non-hydrogen) atoms. The van der Waals surface area contributed by atoms with Crippen molar-refractivity contribution in [3.63, 3.8) is 0 Å². The summed E-state index contributed by atoms with van der Waals surface area (Å²) in [5.74, 6) is 0.565. The fourth-order valence-corrected chi connectivity index (χ4v) is 1.09. The van der Waals surface area contributed by atoms with Crippen LogP contribution in [0.1, 0.15) is 5.56 Å². The van der Waals surface area contributed by atoms with E-state index < -0.39 is 0 Å². The molecule has 0 saturated carbocycles. The molecule has 5 nitrogen and oxygen atoms in total. The van der Waals surface area contributed by atoms with Gasteiger partial charge in [0.05, 0.1) is 18.7 Å². The molecular formula is C10H10N4O. The van der Waals surface area contributed by atoms with E-state index in [-0.39, 0.29) is 19.7 Å². The highest BCUT2D eigenvalue weighted by Gasteiger charge is 2.05. The predicted molar refractivity (Wildman–Crippen MR) is 53.6 cm³/mol. The van der Waals surface area contributed by atoms with Crippen LogP contribution in [0.5, 0.6) is 0 Å². The van der Waals surface area contributed by atoms with Gasteiger partial charge in [0, 0.05) is 6.20 Å². The van der Waals surface area contributed by atoms with E-state index in [0.29, 0.717) is 11.4 Å². The summed E-state index contributed by atoms with van der Waals surface area (Å²) in [4.78, 5) is 5.61. The van der Waals surface area contributed by atoms with Crippen LogP contribution >= 0.6 is 0 Å². The van der Waals surface area contributed by atoms with Crippen molar-refractivity contribution in [2.24, 2.45) is 0 Å². The van der Waals surface area contributed by atoms with Gasteiger partial charge in [0.15, 0.2) is 0 Å². The minimum Gasteiger partial charge on any atom is -0.392 e. The Balaban J connectivity index is 2.83. The Bertz CT molecular complexity index is 371. The Kier molecular flexibility index (Phi) is 4.08. The normalized spacial score (nSPS) is 9.00. The van der Waals surface area contributed by atoms with Gasteiger partial charge >= 0.3 is 0 Å². The van der Waals surface area contributed by atoms with Crippen LogP contribution < -0.4 is 4.90 Å². The van der Waals surface area contributed by atoms with Crippen molar-refractivity contribution in [2.75, 3.05) is 18.0 Å². The van der Waals surface area contributed by atoms with E-state index in [2.05, 4.69) is 4.98 Å². The van der Waals surface area contributed by atoms with E-state index in [1.54, 1.807) is 17.0 Å². The zero-order valence-corrected chi connectivity index (χ0v) is 8.09. The van der Waals surface area contributed by atoms with Crippen LogP contribution in [-0.4, -0.2) is 23.2 Å². The predicted octanol–water partition coefficient (Wildman–Crippen LogP) is 0.427. The van der Waals surface area contributed by atoms with E-state index in [9.17, 15) is 0 Å². The Morgan fingerprint density at radius 1 is 1.27 bits per heavy atom. The zero-order valence-electron chi connectivity index (χ0n) is 8.09. The van der Waals surface area contributed by atoms with Crippen LogP contribution in [0.4, 0.5) is 5.82 Å². The lowest BCUT2D eigenvalue weighted by Crippen LogP contribution is -2.24. The van der Waals surface area contributed by atoms with Gasteiger partial charge in [-0.1, -0.05) is 6.07 Å². The van der Waals surface area contributed by atoms with Gasteiger partial charge in [-0.3, -0.25) is 0 Å². The van der Waals surface area contributed by atoms with E-state index in [4.69, 9.17) is 15.6 Å². The largest absolute Gasteiger partial charge is 0.392 e. The molecule has 76 valence electrons. The van der Waals surface area contributed by atoms with Crippen molar-refractivity contribution in [1.29, 1.82) is 10.5 Å². The molecule has 0 bridgehead atoms. The Morgan fingerprint density at radius 3 is 2.33 bits per heavy atom. The lowest BCUT2D eigenvalue weighted by Gasteiger charge is -2.16. The third-order valence-electron chi connectivity index (χ3n) is 1.84. The molecule has 0 fully saturated rings. The summed E-state index contributed by atoms with van der Waals surface area (Å²) >= 11 is 0. The van der Waals surface area contributed by atoms with Crippen molar-refractivity contribution in [2.45, 2.75) is 6.61 Å². The summed E-state index contributed by atoms with van der Waals surface area (Å²) in [7, 11) is 0. The maximum atomic E-state index is 8.82. The number of pyridine rings is 1. The smallest absolute Gasteiger partial charge is 0.130 e. The van der Waals surface area contributed by atoms with E-state index in [0.717, 1.165) is 0 Å². The number of anilines is 1.